The summed E-state index contributed by atoms with van der Waals surface area (Å²) in [5.41, 5.74) is 1.25. The molecule has 0 aliphatic heterocycles. The Hall–Kier alpha value is -2.90. The van der Waals surface area contributed by atoms with E-state index >= 15 is 0 Å². The van der Waals surface area contributed by atoms with Crippen LogP contribution in [0.3, 0.4) is 0 Å². The van der Waals surface area contributed by atoms with Gasteiger partial charge in [0.15, 0.2) is 0 Å². The molecule has 1 saturated carbocycles. The number of rotatable bonds is 2. The van der Waals surface area contributed by atoms with E-state index in [0.717, 1.165) is 25.0 Å². The van der Waals surface area contributed by atoms with E-state index in [2.05, 4.69) is 9.97 Å². The molecule has 0 saturated heterocycles. The summed E-state index contributed by atoms with van der Waals surface area (Å²) in [6.45, 7) is 0. The SMILES string of the molecule is Fc1ccc2nc(-n3cnc4ccc(C(F)(F)F)cc43)n(C3CC3)c2c1. The van der Waals surface area contributed by atoms with Crippen LogP contribution in [0.2, 0.25) is 0 Å². The Bertz CT molecular complexity index is 1150. The summed E-state index contributed by atoms with van der Waals surface area (Å²) in [4.78, 5) is 8.73. The number of hydrogen-bond acceptors (Lipinski definition) is 2. The lowest BCUT2D eigenvalue weighted by atomic mass is 10.2. The van der Waals surface area contributed by atoms with Crippen molar-refractivity contribution in [1.82, 2.24) is 19.1 Å². The second-order valence-corrected chi connectivity index (χ2v) is 6.46. The highest BCUT2D eigenvalue weighted by atomic mass is 19.4. The molecule has 5 rings (SSSR count). The van der Waals surface area contributed by atoms with Gasteiger partial charge in [0.05, 0.1) is 27.6 Å². The van der Waals surface area contributed by atoms with E-state index in [1.54, 1.807) is 10.6 Å². The molecule has 0 unspecified atom stereocenters. The average molecular weight is 360 g/mol. The fraction of sp³-hybridized carbons (Fsp3) is 0.222. The maximum atomic E-state index is 13.7. The van der Waals surface area contributed by atoms with Crippen molar-refractivity contribution in [3.8, 4) is 5.95 Å². The highest BCUT2D eigenvalue weighted by molar-refractivity contribution is 5.81. The maximum Gasteiger partial charge on any atom is 0.416 e. The predicted molar refractivity (Wildman–Crippen MR) is 87.6 cm³/mol. The molecule has 132 valence electrons. The lowest BCUT2D eigenvalue weighted by molar-refractivity contribution is -0.137. The number of alkyl halides is 3. The first-order valence-corrected chi connectivity index (χ1v) is 8.14. The van der Waals surface area contributed by atoms with Gasteiger partial charge in [0.1, 0.15) is 12.1 Å². The molecule has 26 heavy (non-hydrogen) atoms. The van der Waals surface area contributed by atoms with Crippen molar-refractivity contribution in [1.29, 1.82) is 0 Å². The van der Waals surface area contributed by atoms with Crippen molar-refractivity contribution >= 4 is 22.1 Å². The molecule has 0 bridgehead atoms. The quantitative estimate of drug-likeness (QED) is 0.478. The van der Waals surface area contributed by atoms with Gasteiger partial charge in [-0.1, -0.05) is 0 Å². The van der Waals surface area contributed by atoms with Gasteiger partial charge in [0.2, 0.25) is 5.95 Å². The molecule has 0 spiro atoms. The van der Waals surface area contributed by atoms with Crippen LogP contribution in [0.4, 0.5) is 17.6 Å². The zero-order valence-electron chi connectivity index (χ0n) is 13.3. The first-order valence-electron chi connectivity index (χ1n) is 8.14. The van der Waals surface area contributed by atoms with Gasteiger partial charge in [-0.2, -0.15) is 13.2 Å². The van der Waals surface area contributed by atoms with Crippen LogP contribution in [0.5, 0.6) is 0 Å². The van der Waals surface area contributed by atoms with Gasteiger partial charge in [-0.15, -0.1) is 0 Å². The Morgan fingerprint density at radius 3 is 2.46 bits per heavy atom. The molecule has 4 aromatic rings. The van der Waals surface area contributed by atoms with Gasteiger partial charge >= 0.3 is 6.18 Å². The first kappa shape index (κ1) is 15.4. The number of nitrogens with zero attached hydrogens (tertiary/aromatic N) is 4. The Morgan fingerprint density at radius 1 is 0.962 bits per heavy atom. The predicted octanol–water partition coefficient (Wildman–Crippen LogP) is 4.87. The zero-order chi connectivity index (χ0) is 18.1. The largest absolute Gasteiger partial charge is 0.416 e. The summed E-state index contributed by atoms with van der Waals surface area (Å²) in [5, 5.41) is 0. The molecule has 4 nitrogen and oxygen atoms in total. The molecule has 1 fully saturated rings. The van der Waals surface area contributed by atoms with Crippen LogP contribution in [-0.4, -0.2) is 19.1 Å². The Morgan fingerprint density at radius 2 is 1.73 bits per heavy atom. The van der Waals surface area contributed by atoms with Crippen molar-refractivity contribution in [3.05, 3.63) is 54.1 Å². The van der Waals surface area contributed by atoms with E-state index in [0.29, 0.717) is 28.0 Å². The van der Waals surface area contributed by atoms with Crippen molar-refractivity contribution in [3.63, 3.8) is 0 Å². The normalized spacial score (nSPS) is 15.2. The highest BCUT2D eigenvalue weighted by Crippen LogP contribution is 2.40. The number of aromatic nitrogens is 4. The third-order valence-electron chi connectivity index (χ3n) is 4.63. The summed E-state index contributed by atoms with van der Waals surface area (Å²) in [5.74, 6) is 0.0793. The Balaban J connectivity index is 1.79. The van der Waals surface area contributed by atoms with Crippen LogP contribution in [0.15, 0.2) is 42.7 Å². The highest BCUT2D eigenvalue weighted by Gasteiger charge is 2.32. The van der Waals surface area contributed by atoms with Crippen molar-refractivity contribution in [2.24, 2.45) is 0 Å². The smallest absolute Gasteiger partial charge is 0.306 e. The zero-order valence-corrected chi connectivity index (χ0v) is 13.3. The van der Waals surface area contributed by atoms with Gasteiger partial charge in [-0.25, -0.2) is 14.4 Å². The summed E-state index contributed by atoms with van der Waals surface area (Å²) in [6.07, 6.45) is -1.13. The second-order valence-electron chi connectivity index (χ2n) is 6.46. The number of halogens is 4. The van der Waals surface area contributed by atoms with E-state index in [9.17, 15) is 17.6 Å². The van der Waals surface area contributed by atoms with Crippen LogP contribution in [-0.2, 0) is 6.18 Å². The van der Waals surface area contributed by atoms with Crippen molar-refractivity contribution in [2.75, 3.05) is 0 Å². The molecular weight excluding hydrogens is 348 g/mol. The van der Waals surface area contributed by atoms with Crippen LogP contribution < -0.4 is 0 Å². The summed E-state index contributed by atoms with van der Waals surface area (Å²) in [6, 6.07) is 7.90. The molecule has 1 aliphatic rings. The number of fused-ring (bicyclic) bond motifs is 2. The summed E-state index contributed by atoms with van der Waals surface area (Å²) in [7, 11) is 0. The average Bonchev–Trinajstić information content (AvgIpc) is 3.23. The molecule has 2 heterocycles. The lowest BCUT2D eigenvalue weighted by Crippen LogP contribution is -2.07. The first-order chi connectivity index (χ1) is 12.4. The van der Waals surface area contributed by atoms with Gasteiger partial charge in [0, 0.05) is 6.04 Å². The topological polar surface area (TPSA) is 35.6 Å². The molecule has 8 heteroatoms. The number of benzene rings is 2. The summed E-state index contributed by atoms with van der Waals surface area (Å²) >= 11 is 0. The van der Waals surface area contributed by atoms with E-state index < -0.39 is 11.7 Å². The Labute approximate surface area is 144 Å². The minimum Gasteiger partial charge on any atom is -0.306 e. The van der Waals surface area contributed by atoms with E-state index in [-0.39, 0.29) is 11.9 Å². The van der Waals surface area contributed by atoms with Crippen LogP contribution >= 0.6 is 0 Å². The van der Waals surface area contributed by atoms with Gasteiger partial charge < -0.3 is 4.57 Å². The molecular formula is C18H12F4N4. The lowest BCUT2D eigenvalue weighted by Gasteiger charge is -2.10. The molecule has 0 atom stereocenters. The monoisotopic (exact) mass is 360 g/mol. The molecule has 0 N–H and O–H groups in total. The molecule has 2 aromatic heterocycles. The van der Waals surface area contributed by atoms with Crippen molar-refractivity contribution in [2.45, 2.75) is 25.1 Å². The maximum absolute atomic E-state index is 13.7. The molecule has 2 aromatic carbocycles. The summed E-state index contributed by atoms with van der Waals surface area (Å²) < 4.78 is 56.4. The number of imidazole rings is 2. The molecule has 0 amide bonds. The third kappa shape index (κ3) is 2.28. The van der Waals surface area contributed by atoms with Crippen molar-refractivity contribution < 1.29 is 17.6 Å². The van der Waals surface area contributed by atoms with Gasteiger partial charge in [-0.3, -0.25) is 4.57 Å². The fourth-order valence-corrected chi connectivity index (χ4v) is 3.26. The minimum absolute atomic E-state index is 0.167. The minimum atomic E-state index is -4.44. The van der Waals surface area contributed by atoms with E-state index in [1.165, 1.54) is 24.5 Å². The van der Waals surface area contributed by atoms with Crippen LogP contribution in [0.1, 0.15) is 24.4 Å². The van der Waals surface area contributed by atoms with E-state index in [4.69, 9.17) is 0 Å². The second kappa shape index (κ2) is 5.06. The third-order valence-corrected chi connectivity index (χ3v) is 4.63. The van der Waals surface area contributed by atoms with Gasteiger partial charge in [-0.05, 0) is 49.2 Å². The molecule has 0 radical (unpaired) electrons. The van der Waals surface area contributed by atoms with E-state index in [1.807, 2.05) is 4.57 Å². The molecule has 1 aliphatic carbocycles. The van der Waals surface area contributed by atoms with Crippen LogP contribution in [0.25, 0.3) is 28.0 Å². The fourth-order valence-electron chi connectivity index (χ4n) is 3.26. The number of hydrogen-bond donors (Lipinski definition) is 0. The Kier molecular flexibility index (Phi) is 2.99. The standard InChI is InChI=1S/C18H12F4N4/c19-11-2-6-14-16(8-11)26(12-3-4-12)17(24-14)25-9-23-13-5-1-10(7-15(13)25)18(20,21)22/h1-2,5-9,12H,3-4H2. The van der Waals surface area contributed by atoms with Gasteiger partial charge in [0.25, 0.3) is 0 Å². The van der Waals surface area contributed by atoms with Crippen LogP contribution in [0, 0.1) is 5.82 Å².